The van der Waals surface area contributed by atoms with Gasteiger partial charge in [-0.05, 0) is 23.6 Å². The van der Waals surface area contributed by atoms with E-state index in [2.05, 4.69) is 16.0 Å². The molecule has 0 aliphatic rings. The van der Waals surface area contributed by atoms with Gasteiger partial charge in [-0.1, -0.05) is 12.1 Å². The van der Waals surface area contributed by atoms with Crippen LogP contribution in [0.5, 0.6) is 0 Å². The van der Waals surface area contributed by atoms with Gasteiger partial charge in [0.15, 0.2) is 0 Å². The number of hydrogen-bond donors (Lipinski definition) is 3. The molecule has 1 heterocycles. The fourth-order valence-electron chi connectivity index (χ4n) is 2.04. The van der Waals surface area contributed by atoms with Crippen molar-refractivity contribution in [1.29, 1.82) is 0 Å². The number of carbonyl (C=O) groups is 2. The maximum Gasteiger partial charge on any atom is 0.256 e. The van der Waals surface area contributed by atoms with Crippen LogP contribution in [0.4, 0.5) is 5.69 Å². The standard InChI is InChI=1S/C17H21N3O3S/c1-23-10-9-18-7-8-19-17(22)14-4-2-3-5-15(14)20-16(21)13-6-11-24-12-13/h2-6,11-12,18H,7-10H2,1H3,(H,19,22)(H,20,21). The number of benzene rings is 1. The van der Waals surface area contributed by atoms with Gasteiger partial charge in [0.05, 0.1) is 23.4 Å². The Bertz CT molecular complexity index is 659. The molecule has 2 aromatic rings. The molecule has 0 spiro atoms. The molecule has 0 aliphatic carbocycles. The summed E-state index contributed by atoms with van der Waals surface area (Å²) >= 11 is 1.45. The highest BCUT2D eigenvalue weighted by molar-refractivity contribution is 7.08. The van der Waals surface area contributed by atoms with Crippen molar-refractivity contribution in [2.24, 2.45) is 0 Å². The number of anilines is 1. The maximum absolute atomic E-state index is 12.3. The summed E-state index contributed by atoms with van der Waals surface area (Å²) < 4.78 is 4.93. The highest BCUT2D eigenvalue weighted by atomic mass is 32.1. The molecule has 0 atom stereocenters. The van der Waals surface area contributed by atoms with Gasteiger partial charge >= 0.3 is 0 Å². The van der Waals surface area contributed by atoms with Crippen LogP contribution in [0.1, 0.15) is 20.7 Å². The first-order valence-corrected chi connectivity index (χ1v) is 8.57. The van der Waals surface area contributed by atoms with E-state index in [0.717, 1.165) is 6.54 Å². The van der Waals surface area contributed by atoms with Crippen LogP contribution >= 0.6 is 11.3 Å². The second kappa shape index (κ2) is 9.82. The van der Waals surface area contributed by atoms with Crippen molar-refractivity contribution >= 4 is 28.8 Å². The Balaban J connectivity index is 1.90. The Hall–Kier alpha value is -2.22. The maximum atomic E-state index is 12.3. The smallest absolute Gasteiger partial charge is 0.256 e. The zero-order valence-corrected chi connectivity index (χ0v) is 14.3. The van der Waals surface area contributed by atoms with E-state index in [1.54, 1.807) is 42.8 Å². The molecule has 3 N–H and O–H groups in total. The van der Waals surface area contributed by atoms with Gasteiger partial charge in [-0.15, -0.1) is 0 Å². The van der Waals surface area contributed by atoms with Gasteiger partial charge < -0.3 is 20.7 Å². The number of carbonyl (C=O) groups excluding carboxylic acids is 2. The fraction of sp³-hybridized carbons (Fsp3) is 0.294. The van der Waals surface area contributed by atoms with Crippen molar-refractivity contribution in [3.8, 4) is 0 Å². The Labute approximate surface area is 145 Å². The number of rotatable bonds is 9. The van der Waals surface area contributed by atoms with E-state index in [1.165, 1.54) is 11.3 Å². The van der Waals surface area contributed by atoms with Crippen molar-refractivity contribution in [2.45, 2.75) is 0 Å². The van der Waals surface area contributed by atoms with E-state index in [1.807, 2.05) is 5.38 Å². The van der Waals surface area contributed by atoms with E-state index in [9.17, 15) is 9.59 Å². The summed E-state index contributed by atoms with van der Waals surface area (Å²) in [5.41, 5.74) is 1.52. The number of thiophene rings is 1. The van der Waals surface area contributed by atoms with Crippen molar-refractivity contribution < 1.29 is 14.3 Å². The first-order chi connectivity index (χ1) is 11.7. The summed E-state index contributed by atoms with van der Waals surface area (Å²) in [5, 5.41) is 12.4. The van der Waals surface area contributed by atoms with E-state index in [-0.39, 0.29) is 11.8 Å². The van der Waals surface area contributed by atoms with Crippen molar-refractivity contribution in [3.05, 3.63) is 52.2 Å². The van der Waals surface area contributed by atoms with Gasteiger partial charge in [-0.2, -0.15) is 11.3 Å². The zero-order chi connectivity index (χ0) is 17.2. The Morgan fingerprint density at radius 2 is 1.92 bits per heavy atom. The number of amides is 2. The average molecular weight is 347 g/mol. The molecular formula is C17H21N3O3S. The number of methoxy groups -OCH3 is 1. The molecule has 0 fully saturated rings. The summed E-state index contributed by atoms with van der Waals surface area (Å²) in [5.74, 6) is -0.442. The van der Waals surface area contributed by atoms with Crippen molar-refractivity contribution in [2.75, 3.05) is 38.7 Å². The van der Waals surface area contributed by atoms with Crippen LogP contribution in [0.2, 0.25) is 0 Å². The molecule has 0 unspecified atom stereocenters. The van der Waals surface area contributed by atoms with Crippen LogP contribution < -0.4 is 16.0 Å². The average Bonchev–Trinajstić information content (AvgIpc) is 3.13. The van der Waals surface area contributed by atoms with Gasteiger partial charge in [0.25, 0.3) is 11.8 Å². The molecule has 6 nitrogen and oxygen atoms in total. The lowest BCUT2D eigenvalue weighted by molar-refractivity contribution is 0.0954. The summed E-state index contributed by atoms with van der Waals surface area (Å²) in [4.78, 5) is 24.5. The number of para-hydroxylation sites is 1. The SMILES string of the molecule is COCCNCCNC(=O)c1ccccc1NC(=O)c1ccsc1. The van der Waals surface area contributed by atoms with Crippen molar-refractivity contribution in [1.82, 2.24) is 10.6 Å². The summed E-state index contributed by atoms with van der Waals surface area (Å²) in [7, 11) is 1.64. The molecule has 24 heavy (non-hydrogen) atoms. The molecule has 2 amide bonds. The minimum absolute atomic E-state index is 0.218. The molecule has 7 heteroatoms. The lowest BCUT2D eigenvalue weighted by Gasteiger charge is -2.11. The summed E-state index contributed by atoms with van der Waals surface area (Å²) in [6.07, 6.45) is 0. The van der Waals surface area contributed by atoms with Crippen LogP contribution in [0.15, 0.2) is 41.1 Å². The quantitative estimate of drug-likeness (QED) is 0.606. The lowest BCUT2D eigenvalue weighted by atomic mass is 10.1. The number of nitrogens with one attached hydrogen (secondary N) is 3. The lowest BCUT2D eigenvalue weighted by Crippen LogP contribution is -2.33. The summed E-state index contributed by atoms with van der Waals surface area (Å²) in [6, 6.07) is 8.71. The number of hydrogen-bond acceptors (Lipinski definition) is 5. The number of ether oxygens (including phenoxy) is 1. The monoisotopic (exact) mass is 347 g/mol. The van der Waals surface area contributed by atoms with Gasteiger partial charge in [-0.25, -0.2) is 0 Å². The molecule has 128 valence electrons. The first-order valence-electron chi connectivity index (χ1n) is 7.63. The third-order valence-electron chi connectivity index (χ3n) is 3.27. The van der Waals surface area contributed by atoms with E-state index in [0.29, 0.717) is 36.5 Å². The molecule has 0 saturated heterocycles. The second-order valence-electron chi connectivity index (χ2n) is 5.01. The highest BCUT2D eigenvalue weighted by Gasteiger charge is 2.13. The molecule has 1 aromatic carbocycles. The van der Waals surface area contributed by atoms with Crippen LogP contribution in [0.25, 0.3) is 0 Å². The molecule has 1 aromatic heterocycles. The minimum atomic E-state index is -0.224. The molecule has 0 radical (unpaired) electrons. The Kier molecular flexibility index (Phi) is 7.41. The van der Waals surface area contributed by atoms with Crippen LogP contribution in [0.3, 0.4) is 0 Å². The van der Waals surface area contributed by atoms with Gasteiger partial charge in [0.2, 0.25) is 0 Å². The molecule has 0 saturated carbocycles. The minimum Gasteiger partial charge on any atom is -0.383 e. The fourth-order valence-corrected chi connectivity index (χ4v) is 2.67. The largest absolute Gasteiger partial charge is 0.383 e. The molecular weight excluding hydrogens is 326 g/mol. The van der Waals surface area contributed by atoms with Gasteiger partial charge in [0, 0.05) is 32.1 Å². The van der Waals surface area contributed by atoms with Gasteiger partial charge in [0.1, 0.15) is 0 Å². The Morgan fingerprint density at radius 3 is 2.67 bits per heavy atom. The Morgan fingerprint density at radius 1 is 1.08 bits per heavy atom. The third-order valence-corrected chi connectivity index (χ3v) is 3.96. The zero-order valence-electron chi connectivity index (χ0n) is 13.5. The molecule has 2 rings (SSSR count). The van der Waals surface area contributed by atoms with Crippen molar-refractivity contribution in [3.63, 3.8) is 0 Å². The normalized spacial score (nSPS) is 10.4. The van der Waals surface area contributed by atoms with E-state index in [4.69, 9.17) is 4.74 Å². The summed E-state index contributed by atoms with van der Waals surface area (Å²) in [6.45, 7) is 2.51. The van der Waals surface area contributed by atoms with Gasteiger partial charge in [-0.3, -0.25) is 9.59 Å². The topological polar surface area (TPSA) is 79.5 Å². The predicted octanol–water partition coefficient (Wildman–Crippen LogP) is 1.97. The van der Waals surface area contributed by atoms with Crippen LogP contribution in [-0.2, 0) is 4.74 Å². The van der Waals surface area contributed by atoms with E-state index >= 15 is 0 Å². The first kappa shape index (κ1) is 18.1. The predicted molar refractivity (Wildman–Crippen MR) is 95.8 cm³/mol. The third kappa shape index (κ3) is 5.45. The highest BCUT2D eigenvalue weighted by Crippen LogP contribution is 2.17. The van der Waals surface area contributed by atoms with Crippen LogP contribution in [-0.4, -0.2) is 45.2 Å². The van der Waals surface area contributed by atoms with Crippen LogP contribution in [0, 0.1) is 0 Å². The molecule has 0 aliphatic heterocycles. The second-order valence-corrected chi connectivity index (χ2v) is 5.79. The van der Waals surface area contributed by atoms with E-state index < -0.39 is 0 Å². The molecule has 0 bridgehead atoms.